The molecule has 0 unspecified atom stereocenters. The molecule has 2 rings (SSSR count). The second kappa shape index (κ2) is 5.81. The van der Waals surface area contributed by atoms with Crippen LogP contribution in [0.2, 0.25) is 0 Å². The van der Waals surface area contributed by atoms with E-state index in [1.807, 2.05) is 0 Å². The number of aromatic nitrogens is 1. The molecule has 2 heterocycles. The second-order valence-electron chi connectivity index (χ2n) is 3.74. The van der Waals surface area contributed by atoms with Crippen molar-refractivity contribution in [2.24, 2.45) is 0 Å². The number of rotatable bonds is 4. The van der Waals surface area contributed by atoms with Gasteiger partial charge in [0.15, 0.2) is 6.61 Å². The van der Waals surface area contributed by atoms with Gasteiger partial charge in [-0.2, -0.15) is 0 Å². The van der Waals surface area contributed by atoms with Gasteiger partial charge in [0.1, 0.15) is 5.76 Å². The average Bonchev–Trinajstić information content (AvgIpc) is 2.39. The third-order valence-electron chi connectivity index (χ3n) is 2.32. The summed E-state index contributed by atoms with van der Waals surface area (Å²) in [6, 6.07) is 4.54. The SMILES string of the molecule is Cc1occc(=O)c1OCC(=O)Nc1ccncc1. The van der Waals surface area contributed by atoms with Crippen LogP contribution in [-0.2, 0) is 4.79 Å². The van der Waals surface area contributed by atoms with Gasteiger partial charge in [-0.25, -0.2) is 0 Å². The summed E-state index contributed by atoms with van der Waals surface area (Å²) in [5.74, 6) is 0.0189. The Morgan fingerprint density at radius 2 is 2.11 bits per heavy atom. The predicted octanol–water partition coefficient (Wildman–Crippen LogP) is 1.36. The molecule has 0 aliphatic carbocycles. The van der Waals surface area contributed by atoms with E-state index in [2.05, 4.69) is 10.3 Å². The lowest BCUT2D eigenvalue weighted by Gasteiger charge is -2.07. The summed E-state index contributed by atoms with van der Waals surface area (Å²) in [7, 11) is 0. The Balaban J connectivity index is 1.96. The van der Waals surface area contributed by atoms with Crippen LogP contribution in [-0.4, -0.2) is 17.5 Å². The molecule has 0 atom stereocenters. The van der Waals surface area contributed by atoms with Crippen molar-refractivity contribution >= 4 is 11.6 Å². The first-order valence-electron chi connectivity index (χ1n) is 5.58. The van der Waals surface area contributed by atoms with Crippen LogP contribution in [0, 0.1) is 6.92 Å². The summed E-state index contributed by atoms with van der Waals surface area (Å²) < 4.78 is 10.2. The third kappa shape index (κ3) is 3.41. The molecule has 0 saturated heterocycles. The Bertz CT molecular complexity index is 622. The highest BCUT2D eigenvalue weighted by molar-refractivity contribution is 5.91. The molecule has 1 amide bonds. The molecule has 0 radical (unpaired) electrons. The van der Waals surface area contributed by atoms with Crippen molar-refractivity contribution in [3.8, 4) is 5.75 Å². The number of carbonyl (C=O) groups is 1. The number of carbonyl (C=O) groups excluding carboxylic acids is 1. The lowest BCUT2D eigenvalue weighted by molar-refractivity contribution is -0.118. The average molecular weight is 260 g/mol. The molecule has 98 valence electrons. The summed E-state index contributed by atoms with van der Waals surface area (Å²) in [6.07, 6.45) is 4.40. The van der Waals surface area contributed by atoms with Crippen molar-refractivity contribution < 1.29 is 13.9 Å². The number of pyridine rings is 1. The first kappa shape index (κ1) is 12.8. The zero-order valence-corrected chi connectivity index (χ0v) is 10.3. The molecule has 1 N–H and O–H groups in total. The molecule has 6 heteroatoms. The minimum atomic E-state index is -0.367. The normalized spacial score (nSPS) is 9.95. The number of hydrogen-bond acceptors (Lipinski definition) is 5. The second-order valence-corrected chi connectivity index (χ2v) is 3.74. The van der Waals surface area contributed by atoms with Crippen LogP contribution in [0.15, 0.2) is 46.1 Å². The Kier molecular flexibility index (Phi) is 3.92. The van der Waals surface area contributed by atoms with Gasteiger partial charge < -0.3 is 14.5 Å². The topological polar surface area (TPSA) is 81.4 Å². The highest BCUT2D eigenvalue weighted by Gasteiger charge is 2.09. The minimum absolute atomic E-state index is 0.0485. The van der Waals surface area contributed by atoms with Crippen molar-refractivity contribution in [2.75, 3.05) is 11.9 Å². The first-order valence-corrected chi connectivity index (χ1v) is 5.58. The maximum atomic E-state index is 11.6. The number of nitrogens with zero attached hydrogens (tertiary/aromatic N) is 1. The van der Waals surface area contributed by atoms with E-state index < -0.39 is 0 Å². The zero-order valence-electron chi connectivity index (χ0n) is 10.3. The summed E-state index contributed by atoms with van der Waals surface area (Å²) in [5, 5.41) is 2.61. The van der Waals surface area contributed by atoms with E-state index >= 15 is 0 Å². The molecule has 0 aromatic carbocycles. The van der Waals surface area contributed by atoms with Crippen LogP contribution >= 0.6 is 0 Å². The number of ether oxygens (including phenoxy) is 1. The molecule has 0 bridgehead atoms. The van der Waals surface area contributed by atoms with Crippen molar-refractivity contribution in [1.82, 2.24) is 4.98 Å². The monoisotopic (exact) mass is 260 g/mol. The zero-order chi connectivity index (χ0) is 13.7. The fourth-order valence-corrected chi connectivity index (χ4v) is 1.44. The van der Waals surface area contributed by atoms with Gasteiger partial charge >= 0.3 is 0 Å². The molecule has 19 heavy (non-hydrogen) atoms. The number of aryl methyl sites for hydroxylation is 1. The molecule has 2 aromatic rings. The van der Waals surface area contributed by atoms with Crippen molar-refractivity contribution in [3.63, 3.8) is 0 Å². The Morgan fingerprint density at radius 1 is 1.37 bits per heavy atom. The van der Waals surface area contributed by atoms with E-state index in [0.29, 0.717) is 11.4 Å². The highest BCUT2D eigenvalue weighted by Crippen LogP contribution is 2.10. The van der Waals surface area contributed by atoms with E-state index in [4.69, 9.17) is 9.15 Å². The van der Waals surface area contributed by atoms with E-state index in [1.54, 1.807) is 31.5 Å². The maximum Gasteiger partial charge on any atom is 0.262 e. The van der Waals surface area contributed by atoms with Gasteiger partial charge in [0.25, 0.3) is 5.91 Å². The lowest BCUT2D eigenvalue weighted by atomic mass is 10.3. The molecule has 2 aromatic heterocycles. The highest BCUT2D eigenvalue weighted by atomic mass is 16.5. The quantitative estimate of drug-likeness (QED) is 0.897. The van der Waals surface area contributed by atoms with Crippen molar-refractivity contribution in [2.45, 2.75) is 6.92 Å². The van der Waals surface area contributed by atoms with Crippen LogP contribution < -0.4 is 15.5 Å². The van der Waals surface area contributed by atoms with Crippen LogP contribution in [0.3, 0.4) is 0 Å². The van der Waals surface area contributed by atoms with Gasteiger partial charge in [0.05, 0.1) is 6.26 Å². The fourth-order valence-electron chi connectivity index (χ4n) is 1.44. The van der Waals surface area contributed by atoms with Gasteiger partial charge in [-0.15, -0.1) is 0 Å². The smallest absolute Gasteiger partial charge is 0.262 e. The molecule has 0 aliphatic heterocycles. The number of amides is 1. The fraction of sp³-hybridized carbons (Fsp3) is 0.154. The predicted molar refractivity (Wildman–Crippen MR) is 68.1 cm³/mol. The van der Waals surface area contributed by atoms with Crippen LogP contribution in [0.4, 0.5) is 5.69 Å². The third-order valence-corrected chi connectivity index (χ3v) is 2.32. The minimum Gasteiger partial charge on any atom is -0.476 e. The number of hydrogen-bond donors (Lipinski definition) is 1. The largest absolute Gasteiger partial charge is 0.476 e. The Morgan fingerprint density at radius 3 is 2.79 bits per heavy atom. The number of anilines is 1. The maximum absolute atomic E-state index is 11.6. The summed E-state index contributed by atoms with van der Waals surface area (Å²) in [5.41, 5.74) is 0.292. The van der Waals surface area contributed by atoms with Gasteiger partial charge in [0.2, 0.25) is 11.2 Å². The van der Waals surface area contributed by atoms with E-state index in [1.165, 1.54) is 12.3 Å². The summed E-state index contributed by atoms with van der Waals surface area (Å²) in [6.45, 7) is 1.33. The van der Waals surface area contributed by atoms with E-state index in [-0.39, 0.29) is 23.7 Å². The summed E-state index contributed by atoms with van der Waals surface area (Å²) >= 11 is 0. The molecule has 0 saturated carbocycles. The number of nitrogens with one attached hydrogen (secondary N) is 1. The summed E-state index contributed by atoms with van der Waals surface area (Å²) in [4.78, 5) is 26.9. The molecular weight excluding hydrogens is 248 g/mol. The van der Waals surface area contributed by atoms with Gasteiger partial charge in [-0.05, 0) is 19.1 Å². The lowest BCUT2D eigenvalue weighted by Crippen LogP contribution is -2.22. The molecule has 6 nitrogen and oxygen atoms in total. The molecular formula is C13H12N2O4. The first-order chi connectivity index (χ1) is 9.16. The van der Waals surface area contributed by atoms with Crippen LogP contribution in [0.5, 0.6) is 5.75 Å². The molecule has 0 aliphatic rings. The molecule has 0 fully saturated rings. The van der Waals surface area contributed by atoms with Crippen LogP contribution in [0.25, 0.3) is 0 Å². The van der Waals surface area contributed by atoms with E-state index in [0.717, 1.165) is 0 Å². The van der Waals surface area contributed by atoms with Gasteiger partial charge in [0, 0.05) is 24.1 Å². The van der Waals surface area contributed by atoms with Gasteiger partial charge in [-0.3, -0.25) is 14.6 Å². The Hall–Kier alpha value is -2.63. The van der Waals surface area contributed by atoms with E-state index in [9.17, 15) is 9.59 Å². The van der Waals surface area contributed by atoms with Crippen molar-refractivity contribution in [1.29, 1.82) is 0 Å². The standard InChI is InChI=1S/C13H12N2O4/c1-9-13(11(16)4-7-18-9)19-8-12(17)15-10-2-5-14-6-3-10/h2-7H,8H2,1H3,(H,14,15,17). The Labute approximate surface area is 109 Å². The van der Waals surface area contributed by atoms with Gasteiger partial charge in [-0.1, -0.05) is 0 Å². The molecule has 0 spiro atoms. The van der Waals surface area contributed by atoms with Crippen LogP contribution in [0.1, 0.15) is 5.76 Å². The van der Waals surface area contributed by atoms with Crippen molar-refractivity contribution in [3.05, 3.63) is 52.8 Å².